The molecule has 1 N–H and O–H groups in total. The van der Waals surface area contributed by atoms with Gasteiger partial charge >= 0.3 is 0 Å². The highest BCUT2D eigenvalue weighted by Crippen LogP contribution is 2.31. The van der Waals surface area contributed by atoms with Crippen molar-refractivity contribution in [2.24, 2.45) is 0 Å². The normalized spacial score (nSPS) is 13.4. The summed E-state index contributed by atoms with van der Waals surface area (Å²) in [6, 6.07) is 13.2. The van der Waals surface area contributed by atoms with Gasteiger partial charge in [-0.3, -0.25) is 9.59 Å². The Bertz CT molecular complexity index is 897. The molecule has 0 bridgehead atoms. The molecule has 30 heavy (non-hydrogen) atoms. The molecule has 1 atom stereocenters. The number of hydrogen-bond acceptors (Lipinski definition) is 4. The number of amides is 2. The maximum absolute atomic E-state index is 13.2. The number of likely N-dealkylation sites (N-methyl/N-ethyl adjacent to an activating group) is 1. The van der Waals surface area contributed by atoms with Gasteiger partial charge in [-0.15, -0.1) is 0 Å². The molecule has 0 unspecified atom stereocenters. The van der Waals surface area contributed by atoms with E-state index in [1.165, 1.54) is 0 Å². The monoisotopic (exact) mass is 410 g/mol. The quantitative estimate of drug-likeness (QED) is 0.725. The van der Waals surface area contributed by atoms with Crippen LogP contribution in [0.25, 0.3) is 0 Å². The number of carbonyl (C=O) groups is 2. The lowest BCUT2D eigenvalue weighted by Crippen LogP contribution is -2.48. The Balaban J connectivity index is 1.75. The van der Waals surface area contributed by atoms with Gasteiger partial charge in [-0.05, 0) is 48.6 Å². The summed E-state index contributed by atoms with van der Waals surface area (Å²) >= 11 is 0. The Labute approximate surface area is 178 Å². The fourth-order valence-electron chi connectivity index (χ4n) is 3.70. The van der Waals surface area contributed by atoms with Crippen molar-refractivity contribution < 1.29 is 19.1 Å². The molecule has 0 aliphatic carbocycles. The lowest BCUT2D eigenvalue weighted by molar-refractivity contribution is -0.141. The molecule has 0 spiro atoms. The van der Waals surface area contributed by atoms with Crippen molar-refractivity contribution >= 4 is 11.8 Å². The Morgan fingerprint density at radius 1 is 1.10 bits per heavy atom. The third-order valence-electron chi connectivity index (χ3n) is 5.47. The highest BCUT2D eigenvalue weighted by Gasteiger charge is 2.28. The summed E-state index contributed by atoms with van der Waals surface area (Å²) in [5.74, 6) is 1.28. The Hall–Kier alpha value is -3.02. The van der Waals surface area contributed by atoms with Crippen molar-refractivity contribution in [2.75, 3.05) is 20.3 Å². The summed E-state index contributed by atoms with van der Waals surface area (Å²) in [6.07, 6.45) is 1.45. The second-order valence-corrected chi connectivity index (χ2v) is 7.46. The van der Waals surface area contributed by atoms with Crippen LogP contribution in [0.3, 0.4) is 0 Å². The van der Waals surface area contributed by atoms with Crippen molar-refractivity contribution in [3.8, 4) is 11.5 Å². The van der Waals surface area contributed by atoms with E-state index in [-0.39, 0.29) is 11.8 Å². The molecule has 6 nitrogen and oxygen atoms in total. The summed E-state index contributed by atoms with van der Waals surface area (Å²) in [5, 5.41) is 2.70. The largest absolute Gasteiger partial charge is 0.486 e. The van der Waals surface area contributed by atoms with Gasteiger partial charge in [0.05, 0.1) is 0 Å². The molecular weight excluding hydrogens is 380 g/mol. The molecule has 2 amide bonds. The molecule has 0 saturated heterocycles. The van der Waals surface area contributed by atoms with E-state index >= 15 is 0 Å². The minimum Gasteiger partial charge on any atom is -0.486 e. The zero-order valence-corrected chi connectivity index (χ0v) is 17.9. The third kappa shape index (κ3) is 5.12. The van der Waals surface area contributed by atoms with Crippen molar-refractivity contribution in [2.45, 2.75) is 45.7 Å². The average Bonchev–Trinajstić information content (AvgIpc) is 2.78. The molecule has 0 radical (unpaired) electrons. The van der Waals surface area contributed by atoms with Gasteiger partial charge in [-0.25, -0.2) is 0 Å². The summed E-state index contributed by atoms with van der Waals surface area (Å²) in [6.45, 7) is 5.45. The summed E-state index contributed by atoms with van der Waals surface area (Å²) in [5.41, 5.74) is 3.16. The van der Waals surface area contributed by atoms with Crippen molar-refractivity contribution in [3.63, 3.8) is 0 Å². The molecular formula is C24H30N2O4. The van der Waals surface area contributed by atoms with Gasteiger partial charge in [0.25, 0.3) is 0 Å². The van der Waals surface area contributed by atoms with Crippen molar-refractivity contribution in [3.05, 3.63) is 59.2 Å². The molecule has 3 rings (SSSR count). The SMILES string of the molecule is CC[C@@H](C(=O)NC)N(Cc1ccccc1C)C(=O)CCc1ccc2c(c1)OCCO2. The van der Waals surface area contributed by atoms with Crippen LogP contribution in [0.15, 0.2) is 42.5 Å². The predicted molar refractivity (Wildman–Crippen MR) is 116 cm³/mol. The predicted octanol–water partition coefficient (Wildman–Crippen LogP) is 3.25. The van der Waals surface area contributed by atoms with E-state index in [4.69, 9.17) is 9.47 Å². The first-order valence-corrected chi connectivity index (χ1v) is 10.5. The van der Waals surface area contributed by atoms with Crippen molar-refractivity contribution in [1.82, 2.24) is 10.2 Å². The first kappa shape index (κ1) is 21.7. The van der Waals surface area contributed by atoms with E-state index in [9.17, 15) is 9.59 Å². The molecule has 0 saturated carbocycles. The first-order chi connectivity index (χ1) is 14.5. The summed E-state index contributed by atoms with van der Waals surface area (Å²) < 4.78 is 11.2. The molecule has 160 valence electrons. The van der Waals surface area contributed by atoms with Crippen LogP contribution in [0.4, 0.5) is 0 Å². The fraction of sp³-hybridized carbons (Fsp3) is 0.417. The smallest absolute Gasteiger partial charge is 0.242 e. The maximum atomic E-state index is 13.2. The van der Waals surface area contributed by atoms with Crippen LogP contribution >= 0.6 is 0 Å². The van der Waals surface area contributed by atoms with E-state index in [1.54, 1.807) is 11.9 Å². The van der Waals surface area contributed by atoms with Gasteiger partial charge in [0.15, 0.2) is 11.5 Å². The number of ether oxygens (including phenoxy) is 2. The molecule has 2 aromatic rings. The number of carbonyl (C=O) groups excluding carboxylic acids is 2. The van der Waals surface area contributed by atoms with E-state index in [2.05, 4.69) is 5.32 Å². The average molecular weight is 411 g/mol. The topological polar surface area (TPSA) is 67.9 Å². The number of hydrogen-bond donors (Lipinski definition) is 1. The maximum Gasteiger partial charge on any atom is 0.242 e. The van der Waals surface area contributed by atoms with E-state index in [1.807, 2.05) is 56.3 Å². The van der Waals surface area contributed by atoms with Crippen LogP contribution in [0.2, 0.25) is 0 Å². The van der Waals surface area contributed by atoms with Crippen LogP contribution in [0.1, 0.15) is 36.5 Å². The molecule has 1 heterocycles. The minimum atomic E-state index is -0.498. The number of benzene rings is 2. The van der Waals surface area contributed by atoms with Gasteiger partial charge in [0, 0.05) is 20.0 Å². The van der Waals surface area contributed by atoms with Gasteiger partial charge in [-0.2, -0.15) is 0 Å². The van der Waals surface area contributed by atoms with Crippen LogP contribution in [-0.4, -0.2) is 43.0 Å². The van der Waals surface area contributed by atoms with E-state index < -0.39 is 6.04 Å². The molecule has 1 aliphatic rings. The number of aryl methyl sites for hydroxylation is 2. The van der Waals surface area contributed by atoms with E-state index in [0.29, 0.717) is 39.0 Å². The van der Waals surface area contributed by atoms with Gasteiger partial charge in [0.2, 0.25) is 11.8 Å². The number of rotatable bonds is 8. The standard InChI is InChI=1S/C24H30N2O4/c1-4-20(24(28)25-3)26(16-19-8-6-5-7-17(19)2)23(27)12-10-18-9-11-21-22(15-18)30-14-13-29-21/h5-9,11,15,20H,4,10,12-14,16H2,1-3H3,(H,25,28)/t20-/m0/s1. The Morgan fingerprint density at radius 3 is 2.53 bits per heavy atom. The molecule has 0 aromatic heterocycles. The minimum absolute atomic E-state index is 0.0383. The molecule has 6 heteroatoms. The van der Waals surface area contributed by atoms with Gasteiger partial charge < -0.3 is 19.7 Å². The third-order valence-corrected chi connectivity index (χ3v) is 5.47. The molecule has 2 aromatic carbocycles. The zero-order chi connectivity index (χ0) is 21.5. The first-order valence-electron chi connectivity index (χ1n) is 10.5. The lowest BCUT2D eigenvalue weighted by Gasteiger charge is -2.31. The number of nitrogens with zero attached hydrogens (tertiary/aromatic N) is 1. The molecule has 1 aliphatic heterocycles. The summed E-state index contributed by atoms with van der Waals surface area (Å²) in [7, 11) is 1.61. The second-order valence-electron chi connectivity index (χ2n) is 7.46. The second kappa shape index (κ2) is 10.1. The van der Waals surface area contributed by atoms with Crippen molar-refractivity contribution in [1.29, 1.82) is 0 Å². The fourth-order valence-corrected chi connectivity index (χ4v) is 3.70. The zero-order valence-electron chi connectivity index (χ0n) is 17.9. The van der Waals surface area contributed by atoms with Gasteiger partial charge in [0.1, 0.15) is 19.3 Å². The highest BCUT2D eigenvalue weighted by atomic mass is 16.6. The van der Waals surface area contributed by atoms with Crippen LogP contribution < -0.4 is 14.8 Å². The van der Waals surface area contributed by atoms with Gasteiger partial charge in [-0.1, -0.05) is 37.3 Å². The van der Waals surface area contributed by atoms with Crippen LogP contribution in [0, 0.1) is 6.92 Å². The van der Waals surface area contributed by atoms with Crippen LogP contribution in [-0.2, 0) is 22.6 Å². The van der Waals surface area contributed by atoms with E-state index in [0.717, 1.165) is 28.2 Å². The Kier molecular flexibility index (Phi) is 7.33. The number of nitrogens with one attached hydrogen (secondary N) is 1. The Morgan fingerprint density at radius 2 is 1.83 bits per heavy atom. The number of fused-ring (bicyclic) bond motifs is 1. The lowest BCUT2D eigenvalue weighted by atomic mass is 10.0. The summed E-state index contributed by atoms with van der Waals surface area (Å²) in [4.78, 5) is 27.4. The van der Waals surface area contributed by atoms with Crippen LogP contribution in [0.5, 0.6) is 11.5 Å². The molecule has 0 fully saturated rings. The highest BCUT2D eigenvalue weighted by molar-refractivity contribution is 5.87.